The summed E-state index contributed by atoms with van der Waals surface area (Å²) in [6, 6.07) is 14.5. The number of para-hydroxylation sites is 2. The van der Waals surface area contributed by atoms with Gasteiger partial charge in [-0.15, -0.1) is 0 Å². The second-order valence-electron chi connectivity index (χ2n) is 4.97. The Morgan fingerprint density at radius 1 is 1.14 bits per heavy atom. The van der Waals surface area contributed by atoms with E-state index in [0.717, 1.165) is 5.56 Å². The highest BCUT2D eigenvalue weighted by molar-refractivity contribution is 5.80. The van der Waals surface area contributed by atoms with Gasteiger partial charge in [-0.1, -0.05) is 50.2 Å². The highest BCUT2D eigenvalue weighted by atomic mass is 16.6. The summed E-state index contributed by atoms with van der Waals surface area (Å²) in [4.78, 5) is 10.4. The summed E-state index contributed by atoms with van der Waals surface area (Å²) in [6.07, 6.45) is 1.64. The number of rotatable bonds is 5. The molecule has 0 atom stereocenters. The molecule has 108 valence electrons. The molecule has 2 aromatic rings. The van der Waals surface area contributed by atoms with Crippen molar-refractivity contribution >= 4 is 17.6 Å². The fourth-order valence-corrected chi connectivity index (χ4v) is 1.87. The predicted molar refractivity (Wildman–Crippen MR) is 84.8 cm³/mol. The second-order valence-corrected chi connectivity index (χ2v) is 4.97. The van der Waals surface area contributed by atoms with Crippen LogP contribution in [0, 0.1) is 10.1 Å². The third-order valence-electron chi connectivity index (χ3n) is 3.10. The molecule has 0 spiro atoms. The first-order valence-electron chi connectivity index (χ1n) is 6.70. The maximum absolute atomic E-state index is 10.9. The first-order chi connectivity index (χ1) is 10.1. The van der Waals surface area contributed by atoms with E-state index in [1.807, 2.05) is 12.1 Å². The van der Waals surface area contributed by atoms with E-state index in [4.69, 9.17) is 0 Å². The lowest BCUT2D eigenvalue weighted by molar-refractivity contribution is -0.384. The summed E-state index contributed by atoms with van der Waals surface area (Å²) >= 11 is 0. The van der Waals surface area contributed by atoms with E-state index >= 15 is 0 Å². The van der Waals surface area contributed by atoms with Crippen molar-refractivity contribution in [2.24, 2.45) is 5.10 Å². The molecule has 0 aliphatic carbocycles. The number of hydrogen-bond donors (Lipinski definition) is 1. The van der Waals surface area contributed by atoms with Gasteiger partial charge in [0.2, 0.25) is 0 Å². The molecule has 0 unspecified atom stereocenters. The molecule has 1 N–H and O–H groups in total. The molecular formula is C16H17N3O2. The molecule has 0 amide bonds. The molecule has 0 aliphatic rings. The zero-order chi connectivity index (χ0) is 15.2. The summed E-state index contributed by atoms with van der Waals surface area (Å²) in [6.45, 7) is 4.28. The molecule has 21 heavy (non-hydrogen) atoms. The Hall–Kier alpha value is -2.69. The topological polar surface area (TPSA) is 67.5 Å². The minimum Gasteiger partial charge on any atom is -0.272 e. The number of nitrogens with one attached hydrogen (secondary N) is 1. The largest absolute Gasteiger partial charge is 0.294 e. The monoisotopic (exact) mass is 283 g/mol. The van der Waals surface area contributed by atoms with Gasteiger partial charge in [-0.25, -0.2) is 0 Å². The zero-order valence-electron chi connectivity index (χ0n) is 12.0. The fourth-order valence-electron chi connectivity index (χ4n) is 1.87. The number of hydrogen-bond acceptors (Lipinski definition) is 4. The molecule has 0 saturated heterocycles. The van der Waals surface area contributed by atoms with Gasteiger partial charge in [-0.05, 0) is 23.1 Å². The molecule has 0 radical (unpaired) electrons. The van der Waals surface area contributed by atoms with Crippen LogP contribution in [0.15, 0.2) is 53.6 Å². The lowest BCUT2D eigenvalue weighted by atomic mass is 10.0. The maximum atomic E-state index is 10.9. The van der Waals surface area contributed by atoms with Crippen molar-refractivity contribution in [3.8, 4) is 0 Å². The van der Waals surface area contributed by atoms with E-state index in [0.29, 0.717) is 11.6 Å². The minimum atomic E-state index is -0.435. The van der Waals surface area contributed by atoms with Crippen molar-refractivity contribution in [3.63, 3.8) is 0 Å². The van der Waals surface area contributed by atoms with Crippen molar-refractivity contribution in [2.75, 3.05) is 5.43 Å². The van der Waals surface area contributed by atoms with Gasteiger partial charge in [0.15, 0.2) is 0 Å². The highest BCUT2D eigenvalue weighted by Gasteiger charge is 2.10. The number of benzene rings is 2. The standard InChI is InChI=1S/C16H17N3O2/c1-12(2)14-9-7-13(8-10-14)11-17-18-15-5-3-4-6-16(15)19(20)21/h3-12,18H,1-2H3. The van der Waals surface area contributed by atoms with E-state index in [1.165, 1.54) is 11.6 Å². The van der Waals surface area contributed by atoms with Gasteiger partial charge in [0.25, 0.3) is 5.69 Å². The number of nitro benzene ring substituents is 1. The van der Waals surface area contributed by atoms with Crippen molar-refractivity contribution in [2.45, 2.75) is 19.8 Å². The van der Waals surface area contributed by atoms with Crippen LogP contribution in [0.2, 0.25) is 0 Å². The SMILES string of the molecule is CC(C)c1ccc(C=NNc2ccccc2[N+](=O)[O-])cc1. The van der Waals surface area contributed by atoms with Gasteiger partial charge >= 0.3 is 0 Å². The fraction of sp³-hybridized carbons (Fsp3) is 0.188. The molecule has 5 nitrogen and oxygen atoms in total. The Morgan fingerprint density at radius 2 is 1.81 bits per heavy atom. The third-order valence-corrected chi connectivity index (χ3v) is 3.10. The molecule has 2 rings (SSSR count). The van der Waals surface area contributed by atoms with Gasteiger partial charge < -0.3 is 0 Å². The van der Waals surface area contributed by atoms with Crippen LogP contribution in [0.25, 0.3) is 0 Å². The molecule has 0 aliphatic heterocycles. The number of hydrazone groups is 1. The second kappa shape index (κ2) is 6.65. The van der Waals surface area contributed by atoms with E-state index < -0.39 is 4.92 Å². The van der Waals surface area contributed by atoms with Gasteiger partial charge in [0.1, 0.15) is 5.69 Å². The average molecular weight is 283 g/mol. The smallest absolute Gasteiger partial charge is 0.272 e. The van der Waals surface area contributed by atoms with Crippen LogP contribution >= 0.6 is 0 Å². The van der Waals surface area contributed by atoms with Crippen LogP contribution in [0.1, 0.15) is 30.9 Å². The number of anilines is 1. The number of nitrogens with zero attached hydrogens (tertiary/aromatic N) is 2. The molecule has 0 aromatic heterocycles. The maximum Gasteiger partial charge on any atom is 0.294 e. The first-order valence-corrected chi connectivity index (χ1v) is 6.70. The predicted octanol–water partition coefficient (Wildman–Crippen LogP) is 4.16. The summed E-state index contributed by atoms with van der Waals surface area (Å²) in [5.74, 6) is 0.487. The van der Waals surface area contributed by atoms with E-state index in [-0.39, 0.29) is 5.69 Å². The van der Waals surface area contributed by atoms with Gasteiger partial charge in [0, 0.05) is 6.07 Å². The van der Waals surface area contributed by atoms with Gasteiger partial charge in [0.05, 0.1) is 11.1 Å². The minimum absolute atomic E-state index is 0.00445. The molecule has 0 bridgehead atoms. The van der Waals surface area contributed by atoms with E-state index in [2.05, 4.69) is 36.5 Å². The molecule has 0 saturated carbocycles. The lowest BCUT2D eigenvalue weighted by Crippen LogP contribution is -1.96. The molecule has 0 fully saturated rings. The normalized spacial score (nSPS) is 11.0. The average Bonchev–Trinajstić information content (AvgIpc) is 2.48. The van der Waals surface area contributed by atoms with Crippen LogP contribution in [-0.4, -0.2) is 11.1 Å². The van der Waals surface area contributed by atoms with E-state index in [1.54, 1.807) is 24.4 Å². The van der Waals surface area contributed by atoms with Crippen molar-refractivity contribution < 1.29 is 4.92 Å². The van der Waals surface area contributed by atoms with Crippen molar-refractivity contribution in [3.05, 3.63) is 69.8 Å². The summed E-state index contributed by atoms with van der Waals surface area (Å²) in [5.41, 5.74) is 5.28. The molecule has 2 aromatic carbocycles. The van der Waals surface area contributed by atoms with Crippen LogP contribution in [0.5, 0.6) is 0 Å². The van der Waals surface area contributed by atoms with Gasteiger partial charge in [-0.2, -0.15) is 5.10 Å². The number of nitro groups is 1. The quantitative estimate of drug-likeness (QED) is 0.509. The Balaban J connectivity index is 2.07. The lowest BCUT2D eigenvalue weighted by Gasteiger charge is -2.04. The van der Waals surface area contributed by atoms with Crippen molar-refractivity contribution in [1.82, 2.24) is 0 Å². The summed E-state index contributed by atoms with van der Waals surface area (Å²) in [5, 5.41) is 14.9. The van der Waals surface area contributed by atoms with E-state index in [9.17, 15) is 10.1 Å². The van der Waals surface area contributed by atoms with Gasteiger partial charge in [-0.3, -0.25) is 15.5 Å². The molecular weight excluding hydrogens is 266 g/mol. The third kappa shape index (κ3) is 3.89. The van der Waals surface area contributed by atoms with Crippen LogP contribution < -0.4 is 5.43 Å². The Kier molecular flexibility index (Phi) is 4.66. The Labute approximate surface area is 123 Å². The molecule has 0 heterocycles. The van der Waals surface area contributed by atoms with Crippen LogP contribution in [0.3, 0.4) is 0 Å². The summed E-state index contributed by atoms with van der Waals surface area (Å²) in [7, 11) is 0. The Morgan fingerprint density at radius 3 is 2.43 bits per heavy atom. The van der Waals surface area contributed by atoms with Crippen LogP contribution in [0.4, 0.5) is 11.4 Å². The summed E-state index contributed by atoms with van der Waals surface area (Å²) < 4.78 is 0. The Bertz CT molecular complexity index is 649. The highest BCUT2D eigenvalue weighted by Crippen LogP contribution is 2.23. The zero-order valence-corrected chi connectivity index (χ0v) is 12.0. The molecule has 5 heteroatoms. The van der Waals surface area contributed by atoms with Crippen molar-refractivity contribution in [1.29, 1.82) is 0 Å². The first kappa shape index (κ1) is 14.7. The van der Waals surface area contributed by atoms with Crippen LogP contribution in [-0.2, 0) is 0 Å².